The summed E-state index contributed by atoms with van der Waals surface area (Å²) >= 11 is 5.93. The first-order valence-electron chi connectivity index (χ1n) is 6.53. The number of hydrogen-bond acceptors (Lipinski definition) is 4. The molecule has 0 saturated carbocycles. The van der Waals surface area contributed by atoms with Crippen LogP contribution in [-0.4, -0.2) is 28.2 Å². The van der Waals surface area contributed by atoms with Crippen molar-refractivity contribution in [2.24, 2.45) is 11.7 Å². The minimum atomic E-state index is -1.46. The van der Waals surface area contributed by atoms with Crippen molar-refractivity contribution in [1.29, 1.82) is 0 Å². The van der Waals surface area contributed by atoms with Crippen LogP contribution in [0.4, 0.5) is 0 Å². The van der Waals surface area contributed by atoms with Crippen LogP contribution in [0.25, 0.3) is 0 Å². The summed E-state index contributed by atoms with van der Waals surface area (Å²) in [7, 11) is -1.37. The van der Waals surface area contributed by atoms with Gasteiger partial charge in [-0.2, -0.15) is 0 Å². The minimum absolute atomic E-state index is 0.212. The van der Waals surface area contributed by atoms with Crippen molar-refractivity contribution in [3.63, 3.8) is 0 Å². The van der Waals surface area contributed by atoms with Crippen LogP contribution in [0.3, 0.4) is 0 Å². The SMILES string of the molecule is N[C@@]1(C(=O)O)c2cc(Cl)ccc2C[C@@H]1CCCB(O)O. The van der Waals surface area contributed by atoms with E-state index < -0.39 is 18.6 Å². The normalized spacial score (nSPS) is 24.5. The van der Waals surface area contributed by atoms with Gasteiger partial charge in [-0.05, 0) is 48.3 Å². The molecular weight excluding hydrogens is 280 g/mol. The molecule has 1 aromatic carbocycles. The molecule has 0 aliphatic heterocycles. The van der Waals surface area contributed by atoms with Crippen molar-refractivity contribution in [2.45, 2.75) is 31.1 Å². The number of halogens is 1. The first kappa shape index (κ1) is 15.3. The van der Waals surface area contributed by atoms with Crippen molar-refractivity contribution >= 4 is 24.7 Å². The standard InChI is InChI=1S/C13H17BClNO4/c15-10-4-3-8-6-9(2-1-5-14(19)20)13(16,12(17)18)11(8)7-10/h3-4,7,9,19-20H,1-2,5-6,16H2,(H,17,18)/t9-,13+/m0/s1. The van der Waals surface area contributed by atoms with E-state index in [1.165, 1.54) is 0 Å². The van der Waals surface area contributed by atoms with Gasteiger partial charge in [0.1, 0.15) is 5.54 Å². The van der Waals surface area contributed by atoms with Crippen LogP contribution in [0.1, 0.15) is 24.0 Å². The molecule has 108 valence electrons. The van der Waals surface area contributed by atoms with E-state index in [0.717, 1.165) is 5.56 Å². The monoisotopic (exact) mass is 297 g/mol. The van der Waals surface area contributed by atoms with Gasteiger partial charge in [-0.25, -0.2) is 4.79 Å². The third-order valence-electron chi connectivity index (χ3n) is 4.00. The van der Waals surface area contributed by atoms with Crippen molar-refractivity contribution in [3.05, 3.63) is 34.3 Å². The molecule has 1 aromatic rings. The maximum atomic E-state index is 11.6. The molecule has 7 heteroatoms. The molecular formula is C13H17BClNO4. The number of carbonyl (C=O) groups is 1. The molecule has 5 nitrogen and oxygen atoms in total. The first-order chi connectivity index (χ1) is 9.35. The summed E-state index contributed by atoms with van der Waals surface area (Å²) < 4.78 is 0. The Morgan fingerprint density at radius 2 is 2.20 bits per heavy atom. The molecule has 20 heavy (non-hydrogen) atoms. The van der Waals surface area contributed by atoms with E-state index in [-0.39, 0.29) is 12.2 Å². The maximum absolute atomic E-state index is 11.6. The van der Waals surface area contributed by atoms with Crippen molar-refractivity contribution in [1.82, 2.24) is 0 Å². The van der Waals surface area contributed by atoms with Crippen LogP contribution < -0.4 is 5.73 Å². The van der Waals surface area contributed by atoms with E-state index >= 15 is 0 Å². The number of benzene rings is 1. The molecule has 5 N–H and O–H groups in total. The number of carboxylic acid groups (broad SMARTS) is 1. The number of fused-ring (bicyclic) bond motifs is 1. The van der Waals surface area contributed by atoms with Crippen LogP contribution in [-0.2, 0) is 16.8 Å². The zero-order valence-corrected chi connectivity index (χ0v) is 11.7. The van der Waals surface area contributed by atoms with Gasteiger partial charge in [-0.1, -0.05) is 24.1 Å². The fraction of sp³-hybridized carbons (Fsp3) is 0.462. The highest BCUT2D eigenvalue weighted by Gasteiger charge is 2.49. The van der Waals surface area contributed by atoms with Gasteiger partial charge in [-0.3, -0.25) is 0 Å². The van der Waals surface area contributed by atoms with Gasteiger partial charge in [-0.15, -0.1) is 0 Å². The highest BCUT2D eigenvalue weighted by atomic mass is 35.5. The highest BCUT2D eigenvalue weighted by Crippen LogP contribution is 2.43. The molecule has 0 bridgehead atoms. The molecule has 0 aromatic heterocycles. The summed E-state index contributed by atoms with van der Waals surface area (Å²) in [5, 5.41) is 27.7. The first-order valence-corrected chi connectivity index (χ1v) is 6.90. The Hall–Kier alpha value is -1.08. The van der Waals surface area contributed by atoms with Crippen LogP contribution in [0.5, 0.6) is 0 Å². The summed E-state index contributed by atoms with van der Waals surface area (Å²) in [5.41, 5.74) is 6.16. The second-order valence-corrected chi connectivity index (χ2v) is 5.72. The molecule has 0 saturated heterocycles. The molecule has 0 fully saturated rings. The molecule has 0 unspecified atom stereocenters. The smallest absolute Gasteiger partial charge is 0.451 e. The summed E-state index contributed by atoms with van der Waals surface area (Å²) in [6.07, 6.45) is 1.81. The number of hydrogen-bond donors (Lipinski definition) is 4. The zero-order chi connectivity index (χ0) is 14.9. The van der Waals surface area contributed by atoms with Crippen LogP contribution in [0.2, 0.25) is 11.3 Å². The van der Waals surface area contributed by atoms with Gasteiger partial charge in [0.2, 0.25) is 0 Å². The lowest BCUT2D eigenvalue weighted by atomic mass is 9.77. The number of nitrogens with two attached hydrogens (primary N) is 1. The van der Waals surface area contributed by atoms with E-state index in [2.05, 4.69) is 0 Å². The fourth-order valence-corrected chi connectivity index (χ4v) is 3.10. The Morgan fingerprint density at radius 3 is 2.80 bits per heavy atom. The van der Waals surface area contributed by atoms with Crippen molar-refractivity contribution < 1.29 is 19.9 Å². The number of carboxylic acids is 1. The molecule has 0 heterocycles. The Bertz CT molecular complexity index is 525. The topological polar surface area (TPSA) is 104 Å². The van der Waals surface area contributed by atoms with Crippen LogP contribution >= 0.6 is 11.6 Å². The van der Waals surface area contributed by atoms with E-state index in [9.17, 15) is 9.90 Å². The predicted octanol–water partition coefficient (Wildman–Crippen LogP) is 1.00. The third kappa shape index (κ3) is 2.69. The van der Waals surface area contributed by atoms with E-state index in [4.69, 9.17) is 27.4 Å². The molecule has 0 spiro atoms. The lowest BCUT2D eigenvalue weighted by Gasteiger charge is -2.28. The fourth-order valence-electron chi connectivity index (χ4n) is 2.92. The van der Waals surface area contributed by atoms with Crippen molar-refractivity contribution in [3.8, 4) is 0 Å². The molecule has 2 atom stereocenters. The molecule has 0 amide bonds. The van der Waals surface area contributed by atoms with Crippen LogP contribution in [0, 0.1) is 5.92 Å². The largest absolute Gasteiger partial charge is 0.480 e. The second-order valence-electron chi connectivity index (χ2n) is 5.29. The number of rotatable bonds is 5. The van der Waals surface area contributed by atoms with Crippen molar-refractivity contribution in [2.75, 3.05) is 0 Å². The Labute approximate surface area is 122 Å². The molecule has 1 aliphatic carbocycles. The van der Waals surface area contributed by atoms with E-state index in [0.29, 0.717) is 29.8 Å². The molecule has 1 aliphatic rings. The lowest BCUT2D eigenvalue weighted by Crippen LogP contribution is -2.48. The lowest BCUT2D eigenvalue weighted by molar-refractivity contribution is -0.145. The Kier molecular flexibility index (Phi) is 4.39. The van der Waals surface area contributed by atoms with Crippen LogP contribution in [0.15, 0.2) is 18.2 Å². The quantitative estimate of drug-likeness (QED) is 0.607. The summed E-state index contributed by atoms with van der Waals surface area (Å²) in [4.78, 5) is 11.6. The minimum Gasteiger partial charge on any atom is -0.480 e. The average Bonchev–Trinajstić information content (AvgIpc) is 2.64. The van der Waals surface area contributed by atoms with E-state index in [1.807, 2.05) is 6.07 Å². The predicted molar refractivity (Wildman–Crippen MR) is 76.4 cm³/mol. The maximum Gasteiger partial charge on any atom is 0.451 e. The van der Waals surface area contributed by atoms with Gasteiger partial charge >= 0.3 is 13.1 Å². The summed E-state index contributed by atoms with van der Waals surface area (Å²) in [6, 6.07) is 5.15. The van der Waals surface area contributed by atoms with Gasteiger partial charge < -0.3 is 20.9 Å². The van der Waals surface area contributed by atoms with Gasteiger partial charge in [0.15, 0.2) is 0 Å². The molecule has 0 radical (unpaired) electrons. The van der Waals surface area contributed by atoms with Gasteiger partial charge in [0, 0.05) is 5.02 Å². The third-order valence-corrected chi connectivity index (χ3v) is 4.23. The Balaban J connectivity index is 2.25. The summed E-state index contributed by atoms with van der Waals surface area (Å²) in [6.45, 7) is 0. The average molecular weight is 298 g/mol. The molecule has 2 rings (SSSR count). The highest BCUT2D eigenvalue weighted by molar-refractivity contribution is 6.40. The zero-order valence-electron chi connectivity index (χ0n) is 10.9. The number of aliphatic carboxylic acids is 1. The van der Waals surface area contributed by atoms with E-state index in [1.54, 1.807) is 12.1 Å². The second kappa shape index (κ2) is 5.73. The Morgan fingerprint density at radius 1 is 1.50 bits per heavy atom. The van der Waals surface area contributed by atoms with Gasteiger partial charge in [0.05, 0.1) is 0 Å². The summed E-state index contributed by atoms with van der Waals surface area (Å²) in [5.74, 6) is -1.35. The van der Waals surface area contributed by atoms with Gasteiger partial charge in [0.25, 0.3) is 0 Å².